The largest absolute Gasteiger partial charge is 0.457 e. The van der Waals surface area contributed by atoms with Crippen LogP contribution in [0.3, 0.4) is 0 Å². The van der Waals surface area contributed by atoms with Gasteiger partial charge in [0.1, 0.15) is 23.1 Å². The molecule has 2 atom stereocenters. The van der Waals surface area contributed by atoms with Crippen LogP contribution in [-0.2, 0) is 7.05 Å². The van der Waals surface area contributed by atoms with Crippen molar-refractivity contribution in [3.63, 3.8) is 0 Å². The molecule has 2 unspecified atom stereocenters. The number of hydrogen-bond donors (Lipinski definition) is 1. The van der Waals surface area contributed by atoms with Crippen LogP contribution in [0.2, 0.25) is 0 Å². The van der Waals surface area contributed by atoms with E-state index in [1.165, 1.54) is 11.5 Å². The Morgan fingerprint density at radius 3 is 2.59 bits per heavy atom. The van der Waals surface area contributed by atoms with E-state index >= 15 is 0 Å². The molecule has 6 rings (SSSR count). The first kappa shape index (κ1) is 25.0. The molecule has 198 valence electrons. The molecule has 1 saturated heterocycles. The lowest BCUT2D eigenvalue weighted by atomic mass is 10.1. The van der Waals surface area contributed by atoms with Crippen molar-refractivity contribution in [2.24, 2.45) is 7.05 Å². The maximum atomic E-state index is 13.3. The van der Waals surface area contributed by atoms with Gasteiger partial charge in [0, 0.05) is 49.8 Å². The SMILES string of the molecule is CC1CN(c2nc(C(O)c3ccc(Oc4ccccc4)cc3)ns2)CCN1C(=O)c1ccc2c(c1)nnn2C. The lowest BCUT2D eigenvalue weighted by Gasteiger charge is -2.39. The Hall–Kier alpha value is -4.35. The molecule has 3 aromatic carbocycles. The van der Waals surface area contributed by atoms with Gasteiger partial charge < -0.3 is 19.6 Å². The number of aryl methyl sites for hydroxylation is 1. The van der Waals surface area contributed by atoms with E-state index in [1.54, 1.807) is 10.7 Å². The van der Waals surface area contributed by atoms with Gasteiger partial charge in [0.05, 0.1) is 5.52 Å². The zero-order valence-electron chi connectivity index (χ0n) is 21.5. The highest BCUT2D eigenvalue weighted by Crippen LogP contribution is 2.29. The fraction of sp³-hybridized carbons (Fsp3) is 0.250. The third kappa shape index (κ3) is 5.06. The molecule has 0 bridgehead atoms. The van der Waals surface area contributed by atoms with Gasteiger partial charge >= 0.3 is 0 Å². The molecule has 0 aliphatic carbocycles. The maximum Gasteiger partial charge on any atom is 0.254 e. The zero-order chi connectivity index (χ0) is 26.9. The van der Waals surface area contributed by atoms with Crippen molar-refractivity contribution >= 4 is 33.6 Å². The highest BCUT2D eigenvalue weighted by atomic mass is 32.1. The third-order valence-corrected chi connectivity index (χ3v) is 7.66. The van der Waals surface area contributed by atoms with E-state index in [4.69, 9.17) is 4.74 Å². The number of aliphatic hydroxyl groups excluding tert-OH is 1. The van der Waals surface area contributed by atoms with Gasteiger partial charge in [0.25, 0.3) is 5.91 Å². The summed E-state index contributed by atoms with van der Waals surface area (Å²) in [6.07, 6.45) is -0.947. The molecule has 10 nitrogen and oxygen atoms in total. The second-order valence-corrected chi connectivity index (χ2v) is 10.3. The van der Waals surface area contributed by atoms with Crippen LogP contribution in [0, 0.1) is 0 Å². The van der Waals surface area contributed by atoms with Crippen molar-refractivity contribution in [3.05, 3.63) is 89.7 Å². The van der Waals surface area contributed by atoms with Crippen LogP contribution in [0.4, 0.5) is 5.13 Å². The molecule has 39 heavy (non-hydrogen) atoms. The Balaban J connectivity index is 1.09. The van der Waals surface area contributed by atoms with Crippen LogP contribution >= 0.6 is 11.5 Å². The number of piperazine rings is 1. The summed E-state index contributed by atoms with van der Waals surface area (Å²) in [4.78, 5) is 21.9. The minimum absolute atomic E-state index is 0.0252. The number of fused-ring (bicyclic) bond motifs is 1. The summed E-state index contributed by atoms with van der Waals surface area (Å²) >= 11 is 1.25. The van der Waals surface area contributed by atoms with Gasteiger partial charge in [-0.05, 0) is 55.0 Å². The molecular formula is C28H27N7O3S. The Morgan fingerprint density at radius 2 is 1.82 bits per heavy atom. The van der Waals surface area contributed by atoms with Gasteiger partial charge in [-0.15, -0.1) is 5.10 Å². The second kappa shape index (κ2) is 10.4. The van der Waals surface area contributed by atoms with Crippen LogP contribution in [0.25, 0.3) is 11.0 Å². The number of nitrogens with zero attached hydrogens (tertiary/aromatic N) is 7. The number of carbonyl (C=O) groups excluding carboxylic acids is 1. The van der Waals surface area contributed by atoms with Crippen molar-refractivity contribution in [2.45, 2.75) is 19.1 Å². The number of anilines is 1. The van der Waals surface area contributed by atoms with Gasteiger partial charge in [-0.25, -0.2) is 9.67 Å². The fourth-order valence-electron chi connectivity index (χ4n) is 4.73. The van der Waals surface area contributed by atoms with Crippen molar-refractivity contribution in [3.8, 4) is 11.5 Å². The van der Waals surface area contributed by atoms with E-state index in [2.05, 4.69) is 24.6 Å². The van der Waals surface area contributed by atoms with Crippen LogP contribution in [-0.4, -0.2) is 65.9 Å². The fourth-order valence-corrected chi connectivity index (χ4v) is 5.46. The van der Waals surface area contributed by atoms with Crippen LogP contribution in [0.5, 0.6) is 11.5 Å². The predicted molar refractivity (Wildman–Crippen MR) is 148 cm³/mol. The topological polar surface area (TPSA) is 110 Å². The van der Waals surface area contributed by atoms with Gasteiger partial charge in [0.15, 0.2) is 5.82 Å². The first-order valence-electron chi connectivity index (χ1n) is 12.7. The Morgan fingerprint density at radius 1 is 1.05 bits per heavy atom. The van der Waals surface area contributed by atoms with E-state index in [0.717, 1.165) is 16.4 Å². The van der Waals surface area contributed by atoms with Crippen molar-refractivity contribution in [1.82, 2.24) is 29.3 Å². The summed E-state index contributed by atoms with van der Waals surface area (Å²) in [5, 5.41) is 19.8. The average molecular weight is 542 g/mol. The molecular weight excluding hydrogens is 514 g/mol. The standard InChI is InChI=1S/C28H27N7O3S/c1-18-17-34(14-15-35(18)27(37)20-10-13-24-23(16-20)30-32-33(24)2)28-29-26(31-39-28)25(36)19-8-11-22(12-9-19)38-21-6-4-3-5-7-21/h3-13,16,18,25,36H,14-15,17H2,1-2H3. The molecule has 0 spiro atoms. The van der Waals surface area contributed by atoms with Crippen LogP contribution < -0.4 is 9.64 Å². The second-order valence-electron chi connectivity index (χ2n) is 9.53. The predicted octanol–water partition coefficient (Wildman–Crippen LogP) is 4.04. The molecule has 11 heteroatoms. The number of aliphatic hydroxyl groups is 1. The zero-order valence-corrected chi connectivity index (χ0v) is 22.3. The van der Waals surface area contributed by atoms with E-state index in [-0.39, 0.29) is 11.9 Å². The van der Waals surface area contributed by atoms with E-state index in [9.17, 15) is 9.90 Å². The molecule has 1 aliphatic heterocycles. The number of ether oxygens (including phenoxy) is 1. The van der Waals surface area contributed by atoms with Gasteiger partial charge in [-0.3, -0.25) is 4.79 Å². The van der Waals surface area contributed by atoms with E-state index in [1.807, 2.05) is 85.6 Å². The molecule has 0 saturated carbocycles. The first-order chi connectivity index (χ1) is 19.0. The van der Waals surface area contributed by atoms with Gasteiger partial charge in [-0.2, -0.15) is 4.37 Å². The average Bonchev–Trinajstić information content (AvgIpc) is 3.60. The van der Waals surface area contributed by atoms with Crippen molar-refractivity contribution < 1.29 is 14.6 Å². The molecule has 2 aromatic heterocycles. The number of benzene rings is 3. The van der Waals surface area contributed by atoms with Crippen molar-refractivity contribution in [1.29, 1.82) is 0 Å². The highest BCUT2D eigenvalue weighted by Gasteiger charge is 2.30. The summed E-state index contributed by atoms with van der Waals surface area (Å²) in [6.45, 7) is 3.83. The lowest BCUT2D eigenvalue weighted by molar-refractivity contribution is 0.0674. The summed E-state index contributed by atoms with van der Waals surface area (Å²) in [6, 6.07) is 22.3. The number of hydrogen-bond acceptors (Lipinski definition) is 9. The number of amides is 1. The summed E-state index contributed by atoms with van der Waals surface area (Å²) < 4.78 is 11.9. The van der Waals surface area contributed by atoms with Gasteiger partial charge in [-0.1, -0.05) is 35.5 Å². The summed E-state index contributed by atoms with van der Waals surface area (Å²) in [5.74, 6) is 1.76. The first-order valence-corrected chi connectivity index (χ1v) is 13.4. The molecule has 1 amide bonds. The Bertz CT molecular complexity index is 1600. The number of para-hydroxylation sites is 1. The van der Waals surface area contributed by atoms with E-state index < -0.39 is 6.10 Å². The third-order valence-electron chi connectivity index (χ3n) is 6.87. The molecule has 1 aliphatic rings. The Kier molecular flexibility index (Phi) is 6.67. The number of carbonyl (C=O) groups is 1. The molecule has 1 N–H and O–H groups in total. The van der Waals surface area contributed by atoms with E-state index in [0.29, 0.717) is 47.9 Å². The molecule has 5 aromatic rings. The van der Waals surface area contributed by atoms with Gasteiger partial charge in [0.2, 0.25) is 5.13 Å². The maximum absolute atomic E-state index is 13.3. The quantitative estimate of drug-likeness (QED) is 0.343. The van der Waals surface area contributed by atoms with Crippen molar-refractivity contribution in [2.75, 3.05) is 24.5 Å². The Labute approximate surface area is 229 Å². The molecule has 0 radical (unpaired) electrons. The normalized spacial score (nSPS) is 16.4. The summed E-state index contributed by atoms with van der Waals surface area (Å²) in [5.41, 5.74) is 2.87. The van der Waals surface area contributed by atoms with Crippen LogP contribution in [0.1, 0.15) is 34.8 Å². The number of rotatable bonds is 6. The summed E-state index contributed by atoms with van der Waals surface area (Å²) in [7, 11) is 1.83. The minimum Gasteiger partial charge on any atom is -0.457 e. The lowest BCUT2D eigenvalue weighted by Crippen LogP contribution is -2.54. The molecule has 1 fully saturated rings. The monoisotopic (exact) mass is 541 g/mol. The highest BCUT2D eigenvalue weighted by molar-refractivity contribution is 7.09. The smallest absolute Gasteiger partial charge is 0.254 e. The molecule has 3 heterocycles. The van der Waals surface area contributed by atoms with Crippen LogP contribution in [0.15, 0.2) is 72.8 Å². The number of aromatic nitrogens is 5. The minimum atomic E-state index is -0.947.